The van der Waals surface area contributed by atoms with E-state index >= 15 is 4.39 Å². The van der Waals surface area contributed by atoms with E-state index in [1.165, 1.54) is 39.2 Å². The fourth-order valence-corrected chi connectivity index (χ4v) is 7.74. The number of benzene rings is 4. The Kier molecular flexibility index (Phi) is 8.96. The SMILES string of the molecule is COc1cc(-c2nnc(SCC(=O)N3CC(c4ccccc4Cl)c4c([nH]c5ccccc45)C3C)n2-c2ccccc2F)cc(OC)c1OC. The van der Waals surface area contributed by atoms with E-state index in [0.29, 0.717) is 45.4 Å². The first-order valence-electron chi connectivity index (χ1n) is 15.6. The van der Waals surface area contributed by atoms with Gasteiger partial charge in [-0.15, -0.1) is 10.2 Å². The molecule has 12 heteroatoms. The maximum absolute atomic E-state index is 15.4. The number of carbonyl (C=O) groups is 1. The number of halogens is 2. The molecule has 7 rings (SSSR count). The first kappa shape index (κ1) is 32.5. The van der Waals surface area contributed by atoms with Crippen LogP contribution < -0.4 is 14.2 Å². The summed E-state index contributed by atoms with van der Waals surface area (Å²) in [5.74, 6) is 0.900. The van der Waals surface area contributed by atoms with Gasteiger partial charge in [0.2, 0.25) is 11.7 Å². The number of aromatic amines is 1. The van der Waals surface area contributed by atoms with Crippen LogP contribution in [0, 0.1) is 5.82 Å². The Morgan fingerprint density at radius 1 is 0.959 bits per heavy atom. The Morgan fingerprint density at radius 3 is 2.37 bits per heavy atom. The van der Waals surface area contributed by atoms with Gasteiger partial charge in [-0.1, -0.05) is 71.9 Å². The first-order chi connectivity index (χ1) is 23.8. The zero-order valence-electron chi connectivity index (χ0n) is 27.2. The number of methoxy groups -OCH3 is 3. The molecule has 2 aromatic heterocycles. The largest absolute Gasteiger partial charge is 0.493 e. The monoisotopic (exact) mass is 697 g/mol. The molecular weight excluding hydrogens is 665 g/mol. The molecule has 2 atom stereocenters. The van der Waals surface area contributed by atoms with E-state index in [9.17, 15) is 4.79 Å². The van der Waals surface area contributed by atoms with Gasteiger partial charge in [0, 0.05) is 39.6 Å². The summed E-state index contributed by atoms with van der Waals surface area (Å²) in [6, 6.07) is 25.5. The molecule has 0 bridgehead atoms. The lowest BCUT2D eigenvalue weighted by molar-refractivity contribution is -0.131. The minimum Gasteiger partial charge on any atom is -0.493 e. The Bertz CT molecular complexity index is 2160. The van der Waals surface area contributed by atoms with Gasteiger partial charge in [0.1, 0.15) is 5.82 Å². The predicted molar refractivity (Wildman–Crippen MR) is 189 cm³/mol. The number of carbonyl (C=O) groups excluding carboxylic acids is 1. The Hall–Kier alpha value is -5.00. The number of amides is 1. The maximum Gasteiger partial charge on any atom is 0.233 e. The van der Waals surface area contributed by atoms with Gasteiger partial charge in [-0.25, -0.2) is 4.39 Å². The molecule has 0 spiro atoms. The molecule has 4 aromatic carbocycles. The van der Waals surface area contributed by atoms with Gasteiger partial charge in [-0.3, -0.25) is 9.36 Å². The van der Waals surface area contributed by atoms with Crippen LogP contribution in [0.5, 0.6) is 17.2 Å². The molecule has 0 radical (unpaired) electrons. The standard InChI is InChI=1S/C37H33ClFN5O4S/c1-21-34-33(24-12-6-9-15-28(24)40-34)25(23-11-5-7-13-26(23)38)19-43(21)32(45)20-49-37-42-41-36(44(37)29-16-10-8-14-27(29)39)22-17-30(46-2)35(48-4)31(18-22)47-3/h5-18,21,25,40H,19-20H2,1-4H3. The highest BCUT2D eigenvalue weighted by atomic mass is 35.5. The van der Waals surface area contributed by atoms with Crippen molar-refractivity contribution >= 4 is 40.2 Å². The van der Waals surface area contributed by atoms with Crippen LogP contribution in [0.1, 0.15) is 35.7 Å². The number of ether oxygens (including phenoxy) is 3. The summed E-state index contributed by atoms with van der Waals surface area (Å²) in [6.07, 6.45) is 0. The van der Waals surface area contributed by atoms with Crippen molar-refractivity contribution < 1.29 is 23.4 Å². The second-order valence-electron chi connectivity index (χ2n) is 11.6. The van der Waals surface area contributed by atoms with Crippen LogP contribution in [0.3, 0.4) is 0 Å². The van der Waals surface area contributed by atoms with Gasteiger partial charge in [0.25, 0.3) is 0 Å². The van der Waals surface area contributed by atoms with Crippen LogP contribution in [-0.4, -0.2) is 64.2 Å². The maximum atomic E-state index is 15.4. The van der Waals surface area contributed by atoms with Gasteiger partial charge >= 0.3 is 0 Å². The molecule has 1 aliphatic rings. The molecule has 250 valence electrons. The highest BCUT2D eigenvalue weighted by Crippen LogP contribution is 2.45. The van der Waals surface area contributed by atoms with Crippen LogP contribution >= 0.6 is 23.4 Å². The highest BCUT2D eigenvalue weighted by Gasteiger charge is 2.37. The Labute approximate surface area is 292 Å². The van der Waals surface area contributed by atoms with E-state index in [1.54, 1.807) is 34.9 Å². The third-order valence-electron chi connectivity index (χ3n) is 8.97. The molecule has 0 saturated carbocycles. The summed E-state index contributed by atoms with van der Waals surface area (Å²) in [7, 11) is 4.56. The smallest absolute Gasteiger partial charge is 0.233 e. The van der Waals surface area contributed by atoms with Crippen LogP contribution in [-0.2, 0) is 4.79 Å². The number of nitrogens with zero attached hydrogens (tertiary/aromatic N) is 4. The third-order valence-corrected chi connectivity index (χ3v) is 10.2. The Morgan fingerprint density at radius 2 is 1.65 bits per heavy atom. The zero-order chi connectivity index (χ0) is 34.2. The number of nitrogens with one attached hydrogen (secondary N) is 1. The van der Waals surface area contributed by atoms with E-state index in [-0.39, 0.29) is 29.3 Å². The van der Waals surface area contributed by atoms with E-state index in [1.807, 2.05) is 54.3 Å². The van der Waals surface area contributed by atoms with Crippen molar-refractivity contribution in [2.75, 3.05) is 33.6 Å². The topological polar surface area (TPSA) is 94.5 Å². The summed E-state index contributed by atoms with van der Waals surface area (Å²) < 4.78 is 33.6. The molecule has 3 heterocycles. The van der Waals surface area contributed by atoms with Gasteiger partial charge in [-0.2, -0.15) is 0 Å². The van der Waals surface area contributed by atoms with Crippen molar-refractivity contribution in [3.05, 3.63) is 113 Å². The minimum atomic E-state index is -0.470. The van der Waals surface area contributed by atoms with Crippen LogP contribution in [0.4, 0.5) is 4.39 Å². The van der Waals surface area contributed by atoms with E-state index < -0.39 is 5.82 Å². The lowest BCUT2D eigenvalue weighted by Gasteiger charge is -2.38. The summed E-state index contributed by atoms with van der Waals surface area (Å²) in [5.41, 5.74) is 4.90. The molecule has 0 aliphatic carbocycles. The molecule has 1 N–H and O–H groups in total. The first-order valence-corrected chi connectivity index (χ1v) is 17.0. The second kappa shape index (κ2) is 13.5. The Balaban J connectivity index is 1.25. The molecular formula is C37H33ClFN5O4S. The van der Waals surface area contributed by atoms with Crippen molar-refractivity contribution in [3.63, 3.8) is 0 Å². The average Bonchev–Trinajstić information content (AvgIpc) is 3.73. The fraction of sp³-hybridized carbons (Fsp3) is 0.216. The number of aromatic nitrogens is 4. The van der Waals surface area contributed by atoms with Crippen molar-refractivity contribution in [1.82, 2.24) is 24.6 Å². The summed E-state index contributed by atoms with van der Waals surface area (Å²) >= 11 is 7.95. The molecule has 0 saturated heterocycles. The molecule has 0 fully saturated rings. The molecule has 1 aliphatic heterocycles. The van der Waals surface area contributed by atoms with Crippen molar-refractivity contribution in [2.24, 2.45) is 0 Å². The van der Waals surface area contributed by atoms with Gasteiger partial charge in [0.05, 0.1) is 38.8 Å². The number of para-hydroxylation sites is 2. The van der Waals surface area contributed by atoms with Gasteiger partial charge in [-0.05, 0) is 54.4 Å². The number of fused-ring (bicyclic) bond motifs is 3. The van der Waals surface area contributed by atoms with E-state index in [2.05, 4.69) is 21.2 Å². The van der Waals surface area contributed by atoms with E-state index in [4.69, 9.17) is 25.8 Å². The molecule has 2 unspecified atom stereocenters. The highest BCUT2D eigenvalue weighted by molar-refractivity contribution is 7.99. The second-order valence-corrected chi connectivity index (χ2v) is 12.9. The number of hydrogen-bond donors (Lipinski definition) is 1. The molecule has 1 amide bonds. The van der Waals surface area contributed by atoms with E-state index in [0.717, 1.165) is 27.7 Å². The zero-order valence-corrected chi connectivity index (χ0v) is 28.8. The van der Waals surface area contributed by atoms with Gasteiger partial charge < -0.3 is 24.1 Å². The number of H-pyrrole nitrogens is 1. The third kappa shape index (κ3) is 5.76. The van der Waals surface area contributed by atoms with Crippen molar-refractivity contribution in [2.45, 2.75) is 24.0 Å². The predicted octanol–water partition coefficient (Wildman–Crippen LogP) is 8.06. The average molecular weight is 698 g/mol. The summed E-state index contributed by atoms with van der Waals surface area (Å²) in [5, 5.41) is 11.0. The lowest BCUT2D eigenvalue weighted by atomic mass is 9.83. The molecule has 9 nitrogen and oxygen atoms in total. The number of hydrogen-bond acceptors (Lipinski definition) is 7. The quantitative estimate of drug-likeness (QED) is 0.153. The molecule has 6 aromatic rings. The minimum absolute atomic E-state index is 0.0387. The van der Waals surface area contributed by atoms with Crippen molar-refractivity contribution in [3.8, 4) is 34.3 Å². The molecule has 49 heavy (non-hydrogen) atoms. The van der Waals surface area contributed by atoms with Gasteiger partial charge in [0.15, 0.2) is 22.5 Å². The fourth-order valence-electron chi connectivity index (χ4n) is 6.64. The van der Waals surface area contributed by atoms with Crippen LogP contribution in [0.25, 0.3) is 28.0 Å². The lowest BCUT2D eigenvalue weighted by Crippen LogP contribution is -2.42. The number of rotatable bonds is 9. The van der Waals surface area contributed by atoms with Crippen LogP contribution in [0.2, 0.25) is 5.02 Å². The normalized spacial score (nSPS) is 15.7. The summed E-state index contributed by atoms with van der Waals surface area (Å²) in [4.78, 5) is 19.6. The summed E-state index contributed by atoms with van der Waals surface area (Å²) in [6.45, 7) is 2.47. The van der Waals surface area contributed by atoms with Crippen molar-refractivity contribution in [1.29, 1.82) is 0 Å². The van der Waals surface area contributed by atoms with Crippen LogP contribution in [0.15, 0.2) is 90.1 Å². The number of thioether (sulfide) groups is 1.